The van der Waals surface area contributed by atoms with E-state index in [9.17, 15) is 14.9 Å². The summed E-state index contributed by atoms with van der Waals surface area (Å²) in [4.78, 5) is 21.9. The van der Waals surface area contributed by atoms with Crippen molar-refractivity contribution in [2.75, 3.05) is 11.1 Å². The Morgan fingerprint density at radius 2 is 1.43 bits per heavy atom. The maximum absolute atomic E-state index is 11.9. The van der Waals surface area contributed by atoms with E-state index in [-0.39, 0.29) is 11.6 Å². The van der Waals surface area contributed by atoms with Gasteiger partial charge in [-0.2, -0.15) is 0 Å². The second-order valence-corrected chi connectivity index (χ2v) is 3.88. The fraction of sp³-hybridized carbons (Fsp3) is 0.235. The summed E-state index contributed by atoms with van der Waals surface area (Å²) in [6.07, 6.45) is 0. The first-order valence-corrected chi connectivity index (χ1v) is 7.47. The van der Waals surface area contributed by atoms with Crippen LogP contribution in [0.25, 0.3) is 0 Å². The number of carbonyl (C=O) groups is 1. The highest BCUT2D eigenvalue weighted by Crippen LogP contribution is 2.15. The van der Waals surface area contributed by atoms with Gasteiger partial charge in [0, 0.05) is 29.1 Å². The molecule has 6 nitrogen and oxygen atoms in total. The lowest BCUT2D eigenvalue weighted by Crippen LogP contribution is -2.11. The number of nitrogen functional groups attached to an aromatic ring is 1. The van der Waals surface area contributed by atoms with E-state index in [1.807, 2.05) is 27.7 Å². The average Bonchev–Trinajstić information content (AvgIpc) is 2.60. The summed E-state index contributed by atoms with van der Waals surface area (Å²) in [6, 6.07) is 12.1. The van der Waals surface area contributed by atoms with E-state index in [4.69, 9.17) is 5.73 Å². The van der Waals surface area contributed by atoms with E-state index in [1.54, 1.807) is 24.3 Å². The zero-order chi connectivity index (χ0) is 17.8. The predicted molar refractivity (Wildman–Crippen MR) is 94.6 cm³/mol. The molecular weight excluding hydrogens is 294 g/mol. The van der Waals surface area contributed by atoms with Gasteiger partial charge in [0.2, 0.25) is 0 Å². The molecule has 3 N–H and O–H groups in total. The van der Waals surface area contributed by atoms with Gasteiger partial charge < -0.3 is 11.1 Å². The van der Waals surface area contributed by atoms with Crippen molar-refractivity contribution >= 4 is 23.0 Å². The Kier molecular flexibility index (Phi) is 9.43. The highest BCUT2D eigenvalue weighted by atomic mass is 16.6. The lowest BCUT2D eigenvalue weighted by atomic mass is 10.2. The second kappa shape index (κ2) is 10.8. The summed E-state index contributed by atoms with van der Waals surface area (Å²) in [5.74, 6) is -0.334. The molecule has 0 heterocycles. The molecule has 1 amide bonds. The van der Waals surface area contributed by atoms with Crippen molar-refractivity contribution < 1.29 is 9.72 Å². The van der Waals surface area contributed by atoms with Gasteiger partial charge in [-0.1, -0.05) is 27.7 Å². The summed E-state index contributed by atoms with van der Waals surface area (Å²) >= 11 is 0. The van der Waals surface area contributed by atoms with E-state index in [0.717, 1.165) is 0 Å². The Bertz CT molecular complexity index is 608. The molecule has 124 valence electrons. The molecule has 0 spiro atoms. The molecule has 0 bridgehead atoms. The second-order valence-electron chi connectivity index (χ2n) is 3.88. The number of carbonyl (C=O) groups excluding carboxylic acids is 1. The van der Waals surface area contributed by atoms with E-state index in [0.29, 0.717) is 16.9 Å². The summed E-state index contributed by atoms with van der Waals surface area (Å²) in [7, 11) is 0. The van der Waals surface area contributed by atoms with Crippen LogP contribution < -0.4 is 11.1 Å². The fourth-order valence-corrected chi connectivity index (χ4v) is 1.50. The number of nitro groups is 1. The fourth-order valence-electron chi connectivity index (χ4n) is 1.50. The molecule has 2 rings (SSSR count). The average molecular weight is 317 g/mol. The molecule has 0 atom stereocenters. The minimum Gasteiger partial charge on any atom is -0.399 e. The van der Waals surface area contributed by atoms with Crippen LogP contribution >= 0.6 is 0 Å². The number of hydrogen-bond donors (Lipinski definition) is 2. The van der Waals surface area contributed by atoms with Crippen molar-refractivity contribution in [3.63, 3.8) is 0 Å². The topological polar surface area (TPSA) is 98.3 Å². The number of hydrogen-bond acceptors (Lipinski definition) is 4. The first kappa shape index (κ1) is 20.1. The van der Waals surface area contributed by atoms with Gasteiger partial charge in [-0.15, -0.1) is 0 Å². The SMILES string of the molecule is CC.CC.Nc1ccc(NC(=O)c2ccc([N+](=O)[O-])cc2)cc1. The smallest absolute Gasteiger partial charge is 0.269 e. The molecule has 0 aliphatic rings. The van der Waals surface area contributed by atoms with Crippen LogP contribution in [-0.2, 0) is 0 Å². The Morgan fingerprint density at radius 1 is 0.957 bits per heavy atom. The van der Waals surface area contributed by atoms with Crippen LogP contribution in [0.4, 0.5) is 17.1 Å². The standard InChI is InChI=1S/C13H11N3O3.2C2H6/c14-10-3-5-11(6-4-10)15-13(17)9-1-7-12(8-2-9)16(18)19;2*1-2/h1-8H,14H2,(H,15,17);2*1-2H3. The first-order valence-electron chi connectivity index (χ1n) is 7.47. The van der Waals surface area contributed by atoms with Gasteiger partial charge in [-0.3, -0.25) is 14.9 Å². The van der Waals surface area contributed by atoms with Gasteiger partial charge in [-0.05, 0) is 36.4 Å². The summed E-state index contributed by atoms with van der Waals surface area (Å²) in [6.45, 7) is 8.00. The number of nitrogens with two attached hydrogens (primary N) is 1. The van der Waals surface area contributed by atoms with E-state index in [1.165, 1.54) is 24.3 Å². The Balaban J connectivity index is 0.00000112. The normalized spacial score (nSPS) is 8.70. The van der Waals surface area contributed by atoms with Crippen molar-refractivity contribution in [3.05, 3.63) is 64.2 Å². The molecule has 6 heteroatoms. The van der Waals surface area contributed by atoms with Crippen LogP contribution in [0.3, 0.4) is 0 Å². The van der Waals surface area contributed by atoms with Crippen LogP contribution in [0, 0.1) is 10.1 Å². The number of nitro benzene ring substituents is 1. The highest BCUT2D eigenvalue weighted by molar-refractivity contribution is 6.04. The Hall–Kier alpha value is -2.89. The van der Waals surface area contributed by atoms with Crippen LogP contribution in [0.1, 0.15) is 38.1 Å². The van der Waals surface area contributed by atoms with Gasteiger partial charge in [0.05, 0.1) is 4.92 Å². The lowest BCUT2D eigenvalue weighted by molar-refractivity contribution is -0.384. The third-order valence-electron chi connectivity index (χ3n) is 2.51. The molecule has 0 aliphatic carbocycles. The van der Waals surface area contributed by atoms with Crippen molar-refractivity contribution in [1.29, 1.82) is 0 Å². The number of amides is 1. The quantitative estimate of drug-likeness (QED) is 0.495. The summed E-state index contributed by atoms with van der Waals surface area (Å²) < 4.78 is 0. The van der Waals surface area contributed by atoms with Crippen LogP contribution in [0.15, 0.2) is 48.5 Å². The number of rotatable bonds is 3. The molecule has 2 aromatic carbocycles. The molecular formula is C17H23N3O3. The number of anilines is 2. The van der Waals surface area contributed by atoms with E-state index in [2.05, 4.69) is 5.32 Å². The number of non-ortho nitro benzene ring substituents is 1. The molecule has 0 aromatic heterocycles. The molecule has 0 unspecified atom stereocenters. The molecule has 0 saturated heterocycles. The van der Waals surface area contributed by atoms with E-state index < -0.39 is 4.92 Å². The maximum Gasteiger partial charge on any atom is 0.269 e. The summed E-state index contributed by atoms with van der Waals surface area (Å²) in [5, 5.41) is 13.2. The third-order valence-corrected chi connectivity index (χ3v) is 2.51. The van der Waals surface area contributed by atoms with Crippen LogP contribution in [0.5, 0.6) is 0 Å². The lowest BCUT2D eigenvalue weighted by Gasteiger charge is -2.05. The number of benzene rings is 2. The number of nitrogens with one attached hydrogen (secondary N) is 1. The van der Waals surface area contributed by atoms with Crippen molar-refractivity contribution in [3.8, 4) is 0 Å². The minimum absolute atomic E-state index is 0.0518. The largest absolute Gasteiger partial charge is 0.399 e. The number of nitrogens with zero attached hydrogens (tertiary/aromatic N) is 1. The van der Waals surface area contributed by atoms with Gasteiger partial charge in [0.1, 0.15) is 0 Å². The minimum atomic E-state index is -0.512. The van der Waals surface area contributed by atoms with Crippen molar-refractivity contribution in [2.45, 2.75) is 27.7 Å². The van der Waals surface area contributed by atoms with Crippen molar-refractivity contribution in [2.24, 2.45) is 0 Å². The zero-order valence-electron chi connectivity index (χ0n) is 13.9. The van der Waals surface area contributed by atoms with Gasteiger partial charge in [-0.25, -0.2) is 0 Å². The predicted octanol–water partition coefficient (Wildman–Crippen LogP) is 4.48. The first-order chi connectivity index (χ1) is 11.1. The monoisotopic (exact) mass is 317 g/mol. The Morgan fingerprint density at radius 3 is 1.87 bits per heavy atom. The van der Waals surface area contributed by atoms with Crippen molar-refractivity contribution in [1.82, 2.24) is 0 Å². The van der Waals surface area contributed by atoms with Gasteiger partial charge in [0.15, 0.2) is 0 Å². The Labute approximate surface area is 136 Å². The molecule has 2 aromatic rings. The molecule has 0 aliphatic heterocycles. The molecule has 0 saturated carbocycles. The van der Waals surface area contributed by atoms with Crippen LogP contribution in [-0.4, -0.2) is 10.8 Å². The molecule has 0 radical (unpaired) electrons. The maximum atomic E-state index is 11.9. The third kappa shape index (κ3) is 6.60. The van der Waals surface area contributed by atoms with Gasteiger partial charge >= 0.3 is 0 Å². The summed E-state index contributed by atoms with van der Waals surface area (Å²) in [5.41, 5.74) is 7.05. The zero-order valence-corrected chi connectivity index (χ0v) is 13.9. The van der Waals surface area contributed by atoms with Gasteiger partial charge in [0.25, 0.3) is 11.6 Å². The molecule has 23 heavy (non-hydrogen) atoms. The molecule has 0 fully saturated rings. The van der Waals surface area contributed by atoms with E-state index >= 15 is 0 Å². The highest BCUT2D eigenvalue weighted by Gasteiger charge is 2.09. The van der Waals surface area contributed by atoms with Crippen LogP contribution in [0.2, 0.25) is 0 Å².